The van der Waals surface area contributed by atoms with Crippen molar-refractivity contribution in [1.29, 1.82) is 0 Å². The van der Waals surface area contributed by atoms with Crippen molar-refractivity contribution in [3.05, 3.63) is 58.3 Å². The van der Waals surface area contributed by atoms with Gasteiger partial charge < -0.3 is 18.9 Å². The molecule has 0 bridgehead atoms. The predicted molar refractivity (Wildman–Crippen MR) is 103 cm³/mol. The summed E-state index contributed by atoms with van der Waals surface area (Å²) in [6.07, 6.45) is 1.63. The summed E-state index contributed by atoms with van der Waals surface area (Å²) in [6.45, 7) is 4.03. The Balaban J connectivity index is 2.00. The van der Waals surface area contributed by atoms with E-state index in [1.54, 1.807) is 18.2 Å². The van der Waals surface area contributed by atoms with E-state index in [1.165, 1.54) is 21.3 Å². The summed E-state index contributed by atoms with van der Waals surface area (Å²) in [4.78, 5) is 16.6. The molecule has 27 heavy (non-hydrogen) atoms. The highest BCUT2D eigenvalue weighted by atomic mass is 16.6. The van der Waals surface area contributed by atoms with Crippen molar-refractivity contribution in [2.24, 2.45) is 4.99 Å². The first-order valence-electron chi connectivity index (χ1n) is 8.37. The summed E-state index contributed by atoms with van der Waals surface area (Å²) in [5, 5.41) is 0. The lowest BCUT2D eigenvalue weighted by atomic mass is 10.1. The van der Waals surface area contributed by atoms with Gasteiger partial charge in [-0.1, -0.05) is 6.07 Å². The van der Waals surface area contributed by atoms with Crippen LogP contribution in [-0.2, 0) is 9.53 Å². The molecule has 6 heteroatoms. The van der Waals surface area contributed by atoms with Crippen LogP contribution in [0.2, 0.25) is 0 Å². The van der Waals surface area contributed by atoms with E-state index in [0.717, 1.165) is 16.7 Å². The number of nitrogens with zero attached hydrogens (tertiary/aromatic N) is 1. The number of aryl methyl sites for hydroxylation is 2. The quantitative estimate of drug-likeness (QED) is 0.596. The van der Waals surface area contributed by atoms with Crippen molar-refractivity contribution < 1.29 is 23.7 Å². The third-order valence-electron chi connectivity index (χ3n) is 4.36. The third-order valence-corrected chi connectivity index (χ3v) is 4.36. The second-order valence-corrected chi connectivity index (χ2v) is 6.09. The average Bonchev–Trinajstić information content (AvgIpc) is 3.03. The van der Waals surface area contributed by atoms with Gasteiger partial charge in [-0.2, -0.15) is 0 Å². The van der Waals surface area contributed by atoms with Gasteiger partial charge in [-0.05, 0) is 60.9 Å². The lowest BCUT2D eigenvalue weighted by Gasteiger charge is -2.12. The zero-order valence-corrected chi connectivity index (χ0v) is 16.0. The molecule has 0 fully saturated rings. The van der Waals surface area contributed by atoms with E-state index in [0.29, 0.717) is 28.7 Å². The average molecular weight is 367 g/mol. The number of esters is 1. The summed E-state index contributed by atoms with van der Waals surface area (Å²) in [7, 11) is 4.61. The number of ether oxygens (including phenoxy) is 4. The molecule has 2 aromatic carbocycles. The number of benzene rings is 2. The van der Waals surface area contributed by atoms with E-state index in [4.69, 9.17) is 18.9 Å². The van der Waals surface area contributed by atoms with E-state index < -0.39 is 5.97 Å². The van der Waals surface area contributed by atoms with Crippen molar-refractivity contribution in [3.8, 4) is 17.2 Å². The molecule has 0 atom stereocenters. The number of cyclic esters (lactones) is 1. The first-order valence-corrected chi connectivity index (χ1v) is 8.37. The van der Waals surface area contributed by atoms with Crippen LogP contribution in [0.4, 0.5) is 0 Å². The van der Waals surface area contributed by atoms with E-state index in [-0.39, 0.29) is 5.70 Å². The van der Waals surface area contributed by atoms with Gasteiger partial charge in [-0.15, -0.1) is 0 Å². The van der Waals surface area contributed by atoms with Crippen LogP contribution in [0, 0.1) is 13.8 Å². The van der Waals surface area contributed by atoms with Gasteiger partial charge in [0.2, 0.25) is 11.6 Å². The van der Waals surface area contributed by atoms with Crippen LogP contribution in [0.25, 0.3) is 6.08 Å². The Bertz CT molecular complexity index is 934. The van der Waals surface area contributed by atoms with Crippen LogP contribution in [0.1, 0.15) is 22.3 Å². The number of carbonyl (C=O) groups excluding carboxylic acids is 1. The molecule has 0 N–H and O–H groups in total. The van der Waals surface area contributed by atoms with Crippen LogP contribution in [0.5, 0.6) is 17.2 Å². The Morgan fingerprint density at radius 2 is 1.59 bits per heavy atom. The molecule has 140 valence electrons. The van der Waals surface area contributed by atoms with Crippen LogP contribution in [0.15, 0.2) is 41.0 Å². The first kappa shape index (κ1) is 18.5. The number of methoxy groups -OCH3 is 3. The Morgan fingerprint density at radius 1 is 0.926 bits per heavy atom. The maximum Gasteiger partial charge on any atom is 0.363 e. The maximum atomic E-state index is 12.3. The minimum atomic E-state index is -0.503. The monoisotopic (exact) mass is 367 g/mol. The minimum absolute atomic E-state index is 0.206. The van der Waals surface area contributed by atoms with Gasteiger partial charge in [0, 0.05) is 5.56 Å². The van der Waals surface area contributed by atoms with Gasteiger partial charge in [-0.3, -0.25) is 0 Å². The van der Waals surface area contributed by atoms with Gasteiger partial charge in [0.1, 0.15) is 0 Å². The molecule has 1 heterocycles. The van der Waals surface area contributed by atoms with E-state index in [2.05, 4.69) is 4.99 Å². The third kappa shape index (κ3) is 3.65. The summed E-state index contributed by atoms with van der Waals surface area (Å²) in [5.74, 6) is 1.26. The molecule has 0 saturated heterocycles. The molecule has 0 aromatic heterocycles. The normalized spacial score (nSPS) is 14.8. The fourth-order valence-electron chi connectivity index (χ4n) is 2.75. The van der Waals surface area contributed by atoms with Crippen LogP contribution >= 0.6 is 0 Å². The van der Waals surface area contributed by atoms with Gasteiger partial charge in [0.25, 0.3) is 0 Å². The molecule has 0 unspecified atom stereocenters. The molecular weight excluding hydrogens is 346 g/mol. The molecule has 2 aromatic rings. The summed E-state index contributed by atoms with van der Waals surface area (Å²) in [6, 6.07) is 9.29. The first-order chi connectivity index (χ1) is 13.0. The van der Waals surface area contributed by atoms with Gasteiger partial charge >= 0.3 is 5.97 Å². The second kappa shape index (κ2) is 7.53. The predicted octanol–water partition coefficient (Wildman–Crippen LogP) is 3.67. The van der Waals surface area contributed by atoms with Crippen LogP contribution in [-0.4, -0.2) is 33.2 Å². The fraction of sp³-hybridized carbons (Fsp3) is 0.238. The van der Waals surface area contributed by atoms with Gasteiger partial charge in [-0.25, -0.2) is 9.79 Å². The van der Waals surface area contributed by atoms with E-state index >= 15 is 0 Å². The summed E-state index contributed by atoms with van der Waals surface area (Å²) < 4.78 is 21.3. The molecule has 6 nitrogen and oxygen atoms in total. The SMILES string of the molecule is COc1cc(/C=C2/N=C(c3ccc(C)c(C)c3)OC2=O)cc(OC)c1OC. The van der Waals surface area contributed by atoms with Gasteiger partial charge in [0.15, 0.2) is 17.2 Å². The van der Waals surface area contributed by atoms with Gasteiger partial charge in [0.05, 0.1) is 21.3 Å². The number of hydrogen-bond donors (Lipinski definition) is 0. The van der Waals surface area contributed by atoms with Crippen molar-refractivity contribution in [1.82, 2.24) is 0 Å². The van der Waals surface area contributed by atoms with Crippen LogP contribution in [0.3, 0.4) is 0 Å². The standard InChI is InChI=1S/C21H21NO5/c1-12-6-7-15(8-13(12)2)20-22-16(21(23)27-20)9-14-10-17(24-3)19(26-5)18(11-14)25-4/h6-11H,1-5H3/b16-9+. The molecule has 0 spiro atoms. The number of carbonyl (C=O) groups is 1. The lowest BCUT2D eigenvalue weighted by molar-refractivity contribution is -0.129. The second-order valence-electron chi connectivity index (χ2n) is 6.09. The Hall–Kier alpha value is -3.28. The summed E-state index contributed by atoms with van der Waals surface area (Å²) >= 11 is 0. The molecule has 0 amide bonds. The minimum Gasteiger partial charge on any atom is -0.493 e. The largest absolute Gasteiger partial charge is 0.493 e. The smallest absolute Gasteiger partial charge is 0.363 e. The molecule has 1 aliphatic rings. The fourth-order valence-corrected chi connectivity index (χ4v) is 2.75. The topological polar surface area (TPSA) is 66.4 Å². The zero-order valence-electron chi connectivity index (χ0n) is 16.0. The zero-order chi connectivity index (χ0) is 19.6. The van der Waals surface area contributed by atoms with Crippen molar-refractivity contribution >= 4 is 17.9 Å². The molecule has 0 saturated carbocycles. The highest BCUT2D eigenvalue weighted by Gasteiger charge is 2.25. The van der Waals surface area contributed by atoms with E-state index in [1.807, 2.05) is 32.0 Å². The molecule has 0 aliphatic carbocycles. The number of hydrogen-bond acceptors (Lipinski definition) is 6. The number of aliphatic imine (C=N–C) groups is 1. The van der Waals surface area contributed by atoms with Crippen molar-refractivity contribution in [3.63, 3.8) is 0 Å². The summed E-state index contributed by atoms with van der Waals surface area (Å²) in [5.41, 5.74) is 3.92. The Kier molecular flexibility index (Phi) is 5.16. The maximum absolute atomic E-state index is 12.3. The molecule has 1 aliphatic heterocycles. The number of rotatable bonds is 5. The molecular formula is C21H21NO5. The van der Waals surface area contributed by atoms with Crippen LogP contribution < -0.4 is 14.2 Å². The van der Waals surface area contributed by atoms with Crippen molar-refractivity contribution in [2.75, 3.05) is 21.3 Å². The van der Waals surface area contributed by atoms with E-state index in [9.17, 15) is 4.79 Å². The Morgan fingerprint density at radius 3 is 2.15 bits per heavy atom. The highest BCUT2D eigenvalue weighted by Crippen LogP contribution is 2.39. The molecule has 0 radical (unpaired) electrons. The highest BCUT2D eigenvalue weighted by molar-refractivity contribution is 6.13. The molecule has 3 rings (SSSR count). The Labute approximate surface area is 158 Å². The lowest BCUT2D eigenvalue weighted by Crippen LogP contribution is -2.05. The van der Waals surface area contributed by atoms with Crippen molar-refractivity contribution in [2.45, 2.75) is 13.8 Å².